The van der Waals surface area contributed by atoms with Gasteiger partial charge < -0.3 is 5.73 Å². The lowest BCUT2D eigenvalue weighted by Crippen LogP contribution is -2.07. The summed E-state index contributed by atoms with van der Waals surface area (Å²) in [4.78, 5) is 12.1. The molecule has 0 bridgehead atoms. The highest BCUT2D eigenvalue weighted by molar-refractivity contribution is 5.29. The number of nitrogen functional groups attached to an aromatic ring is 1. The molecule has 0 radical (unpaired) electrons. The molecular weight excluding hydrogens is 180 g/mol. The number of anilines is 1. The number of hydrogen-bond acceptors (Lipinski definition) is 5. The van der Waals surface area contributed by atoms with Crippen LogP contribution in [0.2, 0.25) is 0 Å². The van der Waals surface area contributed by atoms with E-state index < -0.39 is 0 Å². The summed E-state index contributed by atoms with van der Waals surface area (Å²) in [6.07, 6.45) is 3.08. The number of aryl methyl sites for hydroxylation is 1. The number of hydrogen-bond donors (Lipinski definition) is 1. The third-order valence-electron chi connectivity index (χ3n) is 1.69. The Hall–Kier alpha value is -1.98. The van der Waals surface area contributed by atoms with Crippen molar-refractivity contribution in [2.24, 2.45) is 0 Å². The third kappa shape index (κ3) is 1.85. The largest absolute Gasteiger partial charge is 0.384 e. The van der Waals surface area contributed by atoms with Crippen LogP contribution < -0.4 is 5.73 Å². The molecule has 0 aliphatic carbocycles. The molecule has 6 heteroatoms. The Kier molecular flexibility index (Phi) is 2.10. The average molecular weight is 190 g/mol. The summed E-state index contributed by atoms with van der Waals surface area (Å²) in [5, 5.41) is 3.96. The van der Waals surface area contributed by atoms with Crippen LogP contribution >= 0.6 is 0 Å². The van der Waals surface area contributed by atoms with Crippen LogP contribution in [0.5, 0.6) is 0 Å². The van der Waals surface area contributed by atoms with E-state index in [2.05, 4.69) is 20.1 Å². The van der Waals surface area contributed by atoms with Crippen molar-refractivity contribution in [3.63, 3.8) is 0 Å². The zero-order valence-electron chi connectivity index (χ0n) is 7.75. The summed E-state index contributed by atoms with van der Waals surface area (Å²) < 4.78 is 1.65. The van der Waals surface area contributed by atoms with E-state index in [4.69, 9.17) is 5.73 Å². The van der Waals surface area contributed by atoms with Crippen LogP contribution in [0, 0.1) is 6.92 Å². The number of nitrogens with zero attached hydrogens (tertiary/aromatic N) is 5. The second-order valence-corrected chi connectivity index (χ2v) is 2.94. The van der Waals surface area contributed by atoms with Gasteiger partial charge in [0.25, 0.3) is 0 Å². The van der Waals surface area contributed by atoms with Crippen molar-refractivity contribution in [3.8, 4) is 0 Å². The van der Waals surface area contributed by atoms with Gasteiger partial charge in [-0.15, -0.1) is 0 Å². The molecule has 72 valence electrons. The van der Waals surface area contributed by atoms with Crippen molar-refractivity contribution in [1.29, 1.82) is 0 Å². The Bertz CT molecular complexity index is 401. The van der Waals surface area contributed by atoms with Gasteiger partial charge in [-0.05, 0) is 6.92 Å². The topological polar surface area (TPSA) is 82.5 Å². The van der Waals surface area contributed by atoms with Gasteiger partial charge in [-0.25, -0.2) is 19.6 Å². The lowest BCUT2D eigenvalue weighted by molar-refractivity contribution is 0.652. The van der Waals surface area contributed by atoms with Crippen LogP contribution in [0.25, 0.3) is 0 Å². The fourth-order valence-electron chi connectivity index (χ4n) is 1.19. The predicted octanol–water partition coefficient (Wildman–Crippen LogP) is 0.00702. The standard InChI is InChI=1S/C8H10N6/c1-6-2-7(9)13-8(12-6)3-14-5-10-4-11-14/h2,4-5H,3H2,1H3,(H2,9,12,13). The first kappa shape index (κ1) is 8.61. The molecule has 0 aliphatic rings. The van der Waals surface area contributed by atoms with Crippen molar-refractivity contribution in [2.45, 2.75) is 13.5 Å². The van der Waals surface area contributed by atoms with Gasteiger partial charge in [0.15, 0.2) is 5.82 Å². The van der Waals surface area contributed by atoms with Crippen molar-refractivity contribution < 1.29 is 0 Å². The van der Waals surface area contributed by atoms with E-state index in [-0.39, 0.29) is 0 Å². The van der Waals surface area contributed by atoms with E-state index >= 15 is 0 Å². The highest BCUT2D eigenvalue weighted by atomic mass is 15.3. The van der Waals surface area contributed by atoms with Gasteiger partial charge in [0, 0.05) is 11.8 Å². The Labute approximate surface area is 80.8 Å². The molecule has 0 aliphatic heterocycles. The summed E-state index contributed by atoms with van der Waals surface area (Å²) in [5.41, 5.74) is 6.45. The van der Waals surface area contributed by atoms with E-state index in [1.807, 2.05) is 6.92 Å². The Morgan fingerprint density at radius 1 is 1.43 bits per heavy atom. The van der Waals surface area contributed by atoms with E-state index in [9.17, 15) is 0 Å². The molecule has 0 aromatic carbocycles. The molecule has 0 saturated heterocycles. The van der Waals surface area contributed by atoms with Crippen LogP contribution in [0.3, 0.4) is 0 Å². The van der Waals surface area contributed by atoms with Gasteiger partial charge in [0.1, 0.15) is 25.0 Å². The zero-order valence-corrected chi connectivity index (χ0v) is 7.75. The molecule has 0 saturated carbocycles. The molecule has 0 amide bonds. The molecule has 2 N–H and O–H groups in total. The SMILES string of the molecule is Cc1cc(N)nc(Cn2cncn2)n1. The summed E-state index contributed by atoms with van der Waals surface area (Å²) in [7, 11) is 0. The van der Waals surface area contributed by atoms with Crippen molar-refractivity contribution in [3.05, 3.63) is 30.2 Å². The highest BCUT2D eigenvalue weighted by Gasteiger charge is 2.01. The quantitative estimate of drug-likeness (QED) is 0.721. The summed E-state index contributed by atoms with van der Waals surface area (Å²) in [6.45, 7) is 2.37. The lowest BCUT2D eigenvalue weighted by atomic mass is 10.4. The second kappa shape index (κ2) is 3.41. The third-order valence-corrected chi connectivity index (χ3v) is 1.69. The maximum absolute atomic E-state index is 5.59. The van der Waals surface area contributed by atoms with Gasteiger partial charge in [0.05, 0.1) is 0 Å². The molecule has 2 heterocycles. The molecule has 0 spiro atoms. The van der Waals surface area contributed by atoms with E-state index in [0.29, 0.717) is 18.2 Å². The Balaban J connectivity index is 2.25. The molecule has 6 nitrogen and oxygen atoms in total. The van der Waals surface area contributed by atoms with Crippen LogP contribution in [0.1, 0.15) is 11.5 Å². The Morgan fingerprint density at radius 3 is 2.93 bits per heavy atom. The Morgan fingerprint density at radius 2 is 2.29 bits per heavy atom. The molecule has 0 fully saturated rings. The molecular formula is C8H10N6. The summed E-state index contributed by atoms with van der Waals surface area (Å²) >= 11 is 0. The smallest absolute Gasteiger partial charge is 0.152 e. The maximum atomic E-state index is 5.59. The molecule has 0 atom stereocenters. The first-order valence-electron chi connectivity index (χ1n) is 4.16. The molecule has 0 unspecified atom stereocenters. The van der Waals surface area contributed by atoms with E-state index in [1.54, 1.807) is 17.1 Å². The number of nitrogens with two attached hydrogens (primary N) is 1. The number of aromatic nitrogens is 5. The molecule has 2 rings (SSSR count). The summed E-state index contributed by atoms with van der Waals surface area (Å²) in [5.74, 6) is 1.13. The predicted molar refractivity (Wildman–Crippen MR) is 50.3 cm³/mol. The fourth-order valence-corrected chi connectivity index (χ4v) is 1.19. The maximum Gasteiger partial charge on any atom is 0.152 e. The zero-order chi connectivity index (χ0) is 9.97. The molecule has 2 aromatic rings. The van der Waals surface area contributed by atoms with Gasteiger partial charge in [0.2, 0.25) is 0 Å². The first-order chi connectivity index (χ1) is 6.74. The van der Waals surface area contributed by atoms with Crippen LogP contribution in [0.15, 0.2) is 18.7 Å². The minimum atomic E-state index is 0.479. The van der Waals surface area contributed by atoms with Crippen LogP contribution in [-0.2, 0) is 6.54 Å². The average Bonchev–Trinajstić information content (AvgIpc) is 2.54. The van der Waals surface area contributed by atoms with E-state index in [1.165, 1.54) is 6.33 Å². The van der Waals surface area contributed by atoms with Gasteiger partial charge >= 0.3 is 0 Å². The van der Waals surface area contributed by atoms with E-state index in [0.717, 1.165) is 5.69 Å². The van der Waals surface area contributed by atoms with Gasteiger partial charge in [-0.2, -0.15) is 5.10 Å². The lowest BCUT2D eigenvalue weighted by Gasteiger charge is -2.02. The van der Waals surface area contributed by atoms with Crippen molar-refractivity contribution in [2.75, 3.05) is 5.73 Å². The highest BCUT2D eigenvalue weighted by Crippen LogP contribution is 2.02. The molecule has 14 heavy (non-hydrogen) atoms. The van der Waals surface area contributed by atoms with Crippen molar-refractivity contribution >= 4 is 5.82 Å². The minimum Gasteiger partial charge on any atom is -0.384 e. The first-order valence-corrected chi connectivity index (χ1v) is 4.16. The van der Waals surface area contributed by atoms with Crippen LogP contribution in [0.4, 0.5) is 5.82 Å². The van der Waals surface area contributed by atoms with Crippen LogP contribution in [-0.4, -0.2) is 24.7 Å². The second-order valence-electron chi connectivity index (χ2n) is 2.94. The van der Waals surface area contributed by atoms with Crippen molar-refractivity contribution in [1.82, 2.24) is 24.7 Å². The monoisotopic (exact) mass is 190 g/mol. The fraction of sp³-hybridized carbons (Fsp3) is 0.250. The molecule has 2 aromatic heterocycles. The normalized spacial score (nSPS) is 10.4. The van der Waals surface area contributed by atoms with Gasteiger partial charge in [-0.3, -0.25) is 0 Å². The summed E-state index contributed by atoms with van der Waals surface area (Å²) in [6, 6.07) is 1.73. The van der Waals surface area contributed by atoms with Gasteiger partial charge in [-0.1, -0.05) is 0 Å². The number of rotatable bonds is 2. The minimum absolute atomic E-state index is 0.479.